The van der Waals surface area contributed by atoms with Crippen LogP contribution in [0.2, 0.25) is 0 Å². The molecule has 4 rings (SSSR count). The summed E-state index contributed by atoms with van der Waals surface area (Å²) >= 11 is 0. The number of para-hydroxylation sites is 2. The Balaban J connectivity index is 2.13. The van der Waals surface area contributed by atoms with E-state index < -0.39 is 0 Å². The van der Waals surface area contributed by atoms with Crippen LogP contribution in [0.4, 0.5) is 5.82 Å². The third kappa shape index (κ3) is 2.48. The molecule has 5 nitrogen and oxygen atoms in total. The van der Waals surface area contributed by atoms with Crippen molar-refractivity contribution < 1.29 is 0 Å². The lowest BCUT2D eigenvalue weighted by molar-refractivity contribution is 0.668. The van der Waals surface area contributed by atoms with Crippen LogP contribution in [0.15, 0.2) is 70.3 Å². The molecule has 1 aliphatic heterocycles. The van der Waals surface area contributed by atoms with Gasteiger partial charge < -0.3 is 4.90 Å². The average Bonchev–Trinajstić information content (AvgIpc) is 2.64. The predicted molar refractivity (Wildman–Crippen MR) is 99.2 cm³/mol. The van der Waals surface area contributed by atoms with E-state index in [0.717, 1.165) is 18.7 Å². The molecule has 0 amide bonds. The molecule has 0 unspecified atom stereocenters. The van der Waals surface area contributed by atoms with Crippen LogP contribution in [-0.4, -0.2) is 22.7 Å². The zero-order valence-electron chi connectivity index (χ0n) is 14.1. The third-order valence-electron chi connectivity index (χ3n) is 4.64. The molecular formula is C20H19N3O2. The maximum Gasteiger partial charge on any atom is 0.341 e. The van der Waals surface area contributed by atoms with Crippen molar-refractivity contribution in [2.45, 2.75) is 12.8 Å². The van der Waals surface area contributed by atoms with Gasteiger partial charge in [0, 0.05) is 13.6 Å². The number of benzene rings is 2. The van der Waals surface area contributed by atoms with Gasteiger partial charge in [0.2, 0.25) is 0 Å². The van der Waals surface area contributed by atoms with Crippen LogP contribution in [0, 0.1) is 0 Å². The molecule has 0 spiro atoms. The molecule has 0 atom stereocenters. The van der Waals surface area contributed by atoms with E-state index in [9.17, 15) is 9.59 Å². The van der Waals surface area contributed by atoms with Gasteiger partial charge in [-0.3, -0.25) is 4.79 Å². The fourth-order valence-electron chi connectivity index (χ4n) is 3.48. The van der Waals surface area contributed by atoms with E-state index in [1.54, 1.807) is 16.7 Å². The normalized spacial score (nSPS) is 13.6. The molecule has 5 heteroatoms. The summed E-state index contributed by atoms with van der Waals surface area (Å²) in [7, 11) is 1.93. The van der Waals surface area contributed by atoms with Gasteiger partial charge in [-0.2, -0.15) is 0 Å². The van der Waals surface area contributed by atoms with Crippen LogP contribution in [0.5, 0.6) is 0 Å². The molecule has 0 aliphatic carbocycles. The van der Waals surface area contributed by atoms with Crippen molar-refractivity contribution in [2.24, 2.45) is 0 Å². The summed E-state index contributed by atoms with van der Waals surface area (Å²) in [5, 5.41) is 0. The summed E-state index contributed by atoms with van der Waals surface area (Å²) in [5.74, 6) is 0.708. The largest absolute Gasteiger partial charge is 0.360 e. The van der Waals surface area contributed by atoms with Crippen molar-refractivity contribution in [3.05, 3.63) is 87.1 Å². The van der Waals surface area contributed by atoms with E-state index in [2.05, 4.69) is 0 Å². The summed E-state index contributed by atoms with van der Waals surface area (Å²) in [6.45, 7) is 0.827. The maximum absolute atomic E-state index is 13.3. The van der Waals surface area contributed by atoms with Crippen LogP contribution in [-0.2, 0) is 6.42 Å². The molecule has 0 bridgehead atoms. The van der Waals surface area contributed by atoms with Crippen LogP contribution < -0.4 is 16.1 Å². The molecule has 0 N–H and O–H groups in total. The Morgan fingerprint density at radius 2 is 1.36 bits per heavy atom. The topological polar surface area (TPSA) is 47.2 Å². The van der Waals surface area contributed by atoms with Crippen molar-refractivity contribution >= 4 is 5.82 Å². The van der Waals surface area contributed by atoms with Gasteiger partial charge in [0.1, 0.15) is 5.82 Å². The van der Waals surface area contributed by atoms with Crippen molar-refractivity contribution in [2.75, 3.05) is 18.5 Å². The SMILES string of the molecule is CN1CCCc2c1n(-c1ccccc1)c(=O)n(-c1ccccc1)c2=O. The lowest BCUT2D eigenvalue weighted by Crippen LogP contribution is -2.45. The van der Waals surface area contributed by atoms with E-state index >= 15 is 0 Å². The number of rotatable bonds is 2. The van der Waals surface area contributed by atoms with Gasteiger partial charge in [-0.15, -0.1) is 0 Å². The molecule has 2 aromatic carbocycles. The minimum atomic E-state index is -0.338. The second-order valence-corrected chi connectivity index (χ2v) is 6.26. The van der Waals surface area contributed by atoms with Crippen molar-refractivity contribution in [3.8, 4) is 11.4 Å². The minimum Gasteiger partial charge on any atom is -0.360 e. The second-order valence-electron chi connectivity index (χ2n) is 6.26. The first kappa shape index (κ1) is 15.4. The molecule has 25 heavy (non-hydrogen) atoms. The average molecular weight is 333 g/mol. The molecule has 0 saturated heterocycles. The Labute approximate surface area is 145 Å². The van der Waals surface area contributed by atoms with Crippen molar-refractivity contribution in [1.82, 2.24) is 9.13 Å². The molecule has 0 saturated carbocycles. The van der Waals surface area contributed by atoms with Gasteiger partial charge in [-0.05, 0) is 37.1 Å². The highest BCUT2D eigenvalue weighted by atomic mass is 16.2. The van der Waals surface area contributed by atoms with Gasteiger partial charge in [0.05, 0.1) is 16.9 Å². The van der Waals surface area contributed by atoms with Crippen molar-refractivity contribution in [3.63, 3.8) is 0 Å². The minimum absolute atomic E-state index is 0.218. The Morgan fingerprint density at radius 1 is 0.800 bits per heavy atom. The molecule has 0 fully saturated rings. The standard InChI is InChI=1S/C20H19N3O2/c1-21-14-8-13-17-18(21)22(15-9-4-2-5-10-15)20(25)23(19(17)24)16-11-6-3-7-12-16/h2-7,9-12H,8,13-14H2,1H3. The van der Waals surface area contributed by atoms with Crippen LogP contribution in [0.3, 0.4) is 0 Å². The lowest BCUT2D eigenvalue weighted by atomic mass is 10.1. The highest BCUT2D eigenvalue weighted by molar-refractivity contribution is 5.55. The Hall–Kier alpha value is -3.08. The quantitative estimate of drug-likeness (QED) is 0.723. The van der Waals surface area contributed by atoms with Gasteiger partial charge in [-0.1, -0.05) is 36.4 Å². The zero-order chi connectivity index (χ0) is 17.4. The molecule has 1 aliphatic rings. The number of aromatic nitrogens is 2. The Morgan fingerprint density at radius 3 is 1.96 bits per heavy atom. The molecule has 1 aromatic heterocycles. The maximum atomic E-state index is 13.3. The van der Waals surface area contributed by atoms with E-state index in [-0.39, 0.29) is 11.2 Å². The summed E-state index contributed by atoms with van der Waals surface area (Å²) in [4.78, 5) is 28.4. The second kappa shape index (κ2) is 6.09. The number of nitrogens with zero attached hydrogens (tertiary/aromatic N) is 3. The van der Waals surface area contributed by atoms with E-state index in [1.807, 2.05) is 60.5 Å². The monoisotopic (exact) mass is 333 g/mol. The summed E-state index contributed by atoms with van der Waals surface area (Å²) in [5.41, 5.74) is 1.50. The first-order valence-electron chi connectivity index (χ1n) is 8.41. The zero-order valence-corrected chi connectivity index (χ0v) is 14.1. The van der Waals surface area contributed by atoms with Gasteiger partial charge >= 0.3 is 5.69 Å². The smallest absolute Gasteiger partial charge is 0.341 e. The van der Waals surface area contributed by atoms with Crippen LogP contribution in [0.25, 0.3) is 11.4 Å². The van der Waals surface area contributed by atoms with Gasteiger partial charge in [0.15, 0.2) is 0 Å². The predicted octanol–water partition coefficient (Wildman–Crippen LogP) is 2.37. The Bertz CT molecular complexity index is 1020. The molecule has 3 aromatic rings. The molecule has 2 heterocycles. The number of hydrogen-bond acceptors (Lipinski definition) is 3. The Kier molecular flexibility index (Phi) is 3.76. The fourth-order valence-corrected chi connectivity index (χ4v) is 3.48. The number of anilines is 1. The highest BCUT2D eigenvalue weighted by Gasteiger charge is 2.25. The third-order valence-corrected chi connectivity index (χ3v) is 4.64. The molecule has 126 valence electrons. The van der Waals surface area contributed by atoms with Crippen LogP contribution in [0.1, 0.15) is 12.0 Å². The first-order valence-corrected chi connectivity index (χ1v) is 8.41. The highest BCUT2D eigenvalue weighted by Crippen LogP contribution is 2.25. The van der Waals surface area contributed by atoms with E-state index in [4.69, 9.17) is 0 Å². The van der Waals surface area contributed by atoms with Gasteiger partial charge in [-0.25, -0.2) is 13.9 Å². The van der Waals surface area contributed by atoms with Crippen LogP contribution >= 0.6 is 0 Å². The van der Waals surface area contributed by atoms with E-state index in [1.165, 1.54) is 4.57 Å². The number of hydrogen-bond donors (Lipinski definition) is 0. The molecule has 0 radical (unpaired) electrons. The molecular weight excluding hydrogens is 314 g/mol. The summed E-state index contributed by atoms with van der Waals surface area (Å²) in [6, 6.07) is 18.6. The van der Waals surface area contributed by atoms with E-state index in [0.29, 0.717) is 23.5 Å². The summed E-state index contributed by atoms with van der Waals surface area (Å²) < 4.78 is 2.94. The summed E-state index contributed by atoms with van der Waals surface area (Å²) in [6.07, 6.45) is 1.58. The first-order chi connectivity index (χ1) is 12.2. The fraction of sp³-hybridized carbons (Fsp3) is 0.200. The lowest BCUT2D eigenvalue weighted by Gasteiger charge is -2.30. The van der Waals surface area contributed by atoms with Crippen molar-refractivity contribution in [1.29, 1.82) is 0 Å². The van der Waals surface area contributed by atoms with Gasteiger partial charge in [0.25, 0.3) is 5.56 Å². The number of fused-ring (bicyclic) bond motifs is 1.